The first-order valence-corrected chi connectivity index (χ1v) is 21.2. The summed E-state index contributed by atoms with van der Waals surface area (Å²) in [5, 5.41) is 6.36. The van der Waals surface area contributed by atoms with Crippen LogP contribution in [0, 0.1) is 0 Å². The number of hydrogen-bond donors (Lipinski definition) is 0. The van der Waals surface area contributed by atoms with Crippen LogP contribution in [-0.4, -0.2) is 14.5 Å². The van der Waals surface area contributed by atoms with E-state index < -0.39 is 0 Å². The average molecular weight is 806 g/mol. The number of benzene rings is 9. The minimum atomic E-state index is 0.677. The molecule has 4 aromatic heterocycles. The molecule has 13 aromatic rings. The minimum Gasteiger partial charge on any atom is -0.455 e. The number of para-hydroxylation sites is 2. The van der Waals surface area contributed by atoms with Crippen molar-refractivity contribution in [1.29, 1.82) is 0 Å². The van der Waals surface area contributed by atoms with Crippen molar-refractivity contribution in [1.82, 2.24) is 14.5 Å². The van der Waals surface area contributed by atoms with Crippen molar-refractivity contribution in [3.8, 4) is 61.8 Å². The lowest BCUT2D eigenvalue weighted by molar-refractivity contribution is 0.665. The molecule has 63 heavy (non-hydrogen) atoms. The number of hydrogen-bond acceptors (Lipinski definition) is 4. The van der Waals surface area contributed by atoms with Gasteiger partial charge in [-0.25, -0.2) is 9.97 Å². The molecule has 13 rings (SSSR count). The van der Waals surface area contributed by atoms with Gasteiger partial charge < -0.3 is 13.4 Å². The fraction of sp³-hybridized carbons (Fsp3) is 0. The van der Waals surface area contributed by atoms with E-state index in [0.29, 0.717) is 5.82 Å². The number of rotatable bonds is 6. The number of fused-ring (bicyclic) bond motifs is 11. The van der Waals surface area contributed by atoms with Gasteiger partial charge in [0, 0.05) is 49.4 Å². The molecule has 0 N–H and O–H groups in total. The minimum absolute atomic E-state index is 0.677. The lowest BCUT2D eigenvalue weighted by atomic mass is 9.91. The van der Waals surface area contributed by atoms with Crippen molar-refractivity contribution in [3.05, 3.63) is 212 Å². The van der Waals surface area contributed by atoms with Gasteiger partial charge in [0.2, 0.25) is 0 Å². The van der Waals surface area contributed by atoms with Crippen LogP contribution in [-0.2, 0) is 0 Å². The van der Waals surface area contributed by atoms with Gasteiger partial charge in [0.15, 0.2) is 5.82 Å². The van der Waals surface area contributed by atoms with Gasteiger partial charge in [-0.3, -0.25) is 0 Å². The van der Waals surface area contributed by atoms with Crippen molar-refractivity contribution >= 4 is 65.7 Å². The summed E-state index contributed by atoms with van der Waals surface area (Å²) < 4.78 is 16.0. The molecule has 5 heteroatoms. The first-order chi connectivity index (χ1) is 31.2. The maximum atomic E-state index is 6.94. The molecule has 0 aliphatic heterocycles. The van der Waals surface area contributed by atoms with Gasteiger partial charge in [-0.2, -0.15) is 0 Å². The fourth-order valence-corrected chi connectivity index (χ4v) is 9.56. The van der Waals surface area contributed by atoms with E-state index in [1.165, 1.54) is 0 Å². The Bertz CT molecular complexity index is 3770. The highest BCUT2D eigenvalue weighted by Crippen LogP contribution is 2.47. The van der Waals surface area contributed by atoms with Crippen molar-refractivity contribution in [2.24, 2.45) is 0 Å². The smallest absolute Gasteiger partial charge is 0.160 e. The lowest BCUT2D eigenvalue weighted by Gasteiger charge is -2.21. The van der Waals surface area contributed by atoms with Crippen LogP contribution in [0.5, 0.6) is 0 Å². The second-order valence-electron chi connectivity index (χ2n) is 16.1. The summed E-state index contributed by atoms with van der Waals surface area (Å²) in [6.45, 7) is 0. The van der Waals surface area contributed by atoms with Gasteiger partial charge in [0.1, 0.15) is 22.3 Å². The van der Waals surface area contributed by atoms with E-state index >= 15 is 0 Å². The Labute approximate surface area is 361 Å². The van der Waals surface area contributed by atoms with Gasteiger partial charge in [-0.15, -0.1) is 0 Å². The summed E-state index contributed by atoms with van der Waals surface area (Å²) >= 11 is 0. The van der Waals surface area contributed by atoms with Crippen molar-refractivity contribution in [2.45, 2.75) is 0 Å². The molecule has 4 heterocycles. The van der Waals surface area contributed by atoms with Crippen LogP contribution in [0.15, 0.2) is 221 Å². The van der Waals surface area contributed by atoms with E-state index in [1.807, 2.05) is 36.4 Å². The van der Waals surface area contributed by atoms with Crippen molar-refractivity contribution < 1.29 is 8.83 Å². The predicted octanol–water partition coefficient (Wildman–Crippen LogP) is 15.7. The van der Waals surface area contributed by atoms with E-state index in [0.717, 1.165) is 122 Å². The first-order valence-electron chi connectivity index (χ1n) is 21.2. The molecule has 0 fully saturated rings. The number of nitrogens with zero attached hydrogens (tertiary/aromatic N) is 3. The van der Waals surface area contributed by atoms with E-state index in [4.69, 9.17) is 18.8 Å². The SMILES string of the molecule is c1ccc(-c2cc(-c3cc(-c4ccccc4)c(-n4c5ccccc5c5c6oc7ccc8c9ccccc9oc8c7c6ccc54)c(-c4ccccc4)c3)nc(-c3ccccc3)n2)cc1. The number of aromatic nitrogens is 3. The third-order valence-corrected chi connectivity index (χ3v) is 12.4. The van der Waals surface area contributed by atoms with Crippen LogP contribution in [0.2, 0.25) is 0 Å². The number of furan rings is 2. The Balaban J connectivity index is 1.13. The highest BCUT2D eigenvalue weighted by atomic mass is 16.3. The van der Waals surface area contributed by atoms with Crippen molar-refractivity contribution in [2.75, 3.05) is 0 Å². The van der Waals surface area contributed by atoms with E-state index in [1.54, 1.807) is 0 Å². The molecule has 0 unspecified atom stereocenters. The zero-order valence-electron chi connectivity index (χ0n) is 33.9. The maximum Gasteiger partial charge on any atom is 0.160 e. The predicted molar refractivity (Wildman–Crippen MR) is 258 cm³/mol. The first kappa shape index (κ1) is 35.2. The van der Waals surface area contributed by atoms with Gasteiger partial charge in [0.25, 0.3) is 0 Å². The molecule has 0 aliphatic rings. The van der Waals surface area contributed by atoms with E-state index in [9.17, 15) is 0 Å². The zero-order chi connectivity index (χ0) is 41.4. The largest absolute Gasteiger partial charge is 0.455 e. The van der Waals surface area contributed by atoms with Crippen LogP contribution < -0.4 is 0 Å². The van der Waals surface area contributed by atoms with E-state index in [2.05, 4.69) is 180 Å². The van der Waals surface area contributed by atoms with E-state index in [-0.39, 0.29) is 0 Å². The summed E-state index contributed by atoms with van der Waals surface area (Å²) in [4.78, 5) is 10.4. The molecule has 0 atom stereocenters. The molecule has 0 radical (unpaired) electrons. The van der Waals surface area contributed by atoms with Gasteiger partial charge >= 0.3 is 0 Å². The molecule has 0 aliphatic carbocycles. The second kappa shape index (κ2) is 14.0. The average Bonchev–Trinajstić information content (AvgIpc) is 4.04. The summed E-state index contributed by atoms with van der Waals surface area (Å²) in [6.07, 6.45) is 0. The Morgan fingerprint density at radius 1 is 0.333 bits per heavy atom. The molecular formula is C58H35N3O2. The molecule has 0 amide bonds. The lowest BCUT2D eigenvalue weighted by Crippen LogP contribution is -2.02. The van der Waals surface area contributed by atoms with Crippen LogP contribution in [0.25, 0.3) is 128 Å². The molecule has 0 spiro atoms. The molecule has 9 aromatic carbocycles. The fourth-order valence-electron chi connectivity index (χ4n) is 9.56. The monoisotopic (exact) mass is 805 g/mol. The standard InChI is InChI=1S/C58H35N3O2/c1-5-17-36(18-6-1)45-33-40(48-35-47(38-21-9-3-10-22-38)59-58(60-48)39-23-11-4-12-24-39)34-46(37-19-7-2-8-20-37)55(45)61-49-27-15-13-26-43(49)53-50(61)31-29-44-54-52(63-57(44)53)32-30-42-41-25-14-16-28-51(41)62-56(42)54/h1-35H. The zero-order valence-corrected chi connectivity index (χ0v) is 33.9. The summed E-state index contributed by atoms with van der Waals surface area (Å²) in [6, 6.07) is 74.3. The van der Waals surface area contributed by atoms with Crippen molar-refractivity contribution in [3.63, 3.8) is 0 Å². The second-order valence-corrected chi connectivity index (χ2v) is 16.1. The highest BCUT2D eigenvalue weighted by Gasteiger charge is 2.25. The Morgan fingerprint density at radius 3 is 1.54 bits per heavy atom. The quantitative estimate of drug-likeness (QED) is 0.168. The molecule has 5 nitrogen and oxygen atoms in total. The summed E-state index contributed by atoms with van der Waals surface area (Å²) in [5.74, 6) is 0.677. The third kappa shape index (κ3) is 5.57. The highest BCUT2D eigenvalue weighted by molar-refractivity contribution is 6.29. The van der Waals surface area contributed by atoms with Gasteiger partial charge in [-0.05, 0) is 65.7 Å². The van der Waals surface area contributed by atoms with Crippen LogP contribution >= 0.6 is 0 Å². The molecule has 0 saturated carbocycles. The Morgan fingerprint density at radius 2 is 0.857 bits per heavy atom. The Hall–Kier alpha value is -8.54. The van der Waals surface area contributed by atoms with Crippen LogP contribution in [0.4, 0.5) is 0 Å². The third-order valence-electron chi connectivity index (χ3n) is 12.4. The molecule has 0 saturated heterocycles. The van der Waals surface area contributed by atoms with Gasteiger partial charge in [0.05, 0.1) is 38.9 Å². The summed E-state index contributed by atoms with van der Waals surface area (Å²) in [5.41, 5.74) is 15.6. The molecular weight excluding hydrogens is 771 g/mol. The normalized spacial score (nSPS) is 11.8. The van der Waals surface area contributed by atoms with Crippen LogP contribution in [0.1, 0.15) is 0 Å². The molecule has 294 valence electrons. The van der Waals surface area contributed by atoms with Gasteiger partial charge in [-0.1, -0.05) is 158 Å². The van der Waals surface area contributed by atoms with Crippen LogP contribution in [0.3, 0.4) is 0 Å². The topological polar surface area (TPSA) is 57.0 Å². The summed E-state index contributed by atoms with van der Waals surface area (Å²) in [7, 11) is 0. The maximum absolute atomic E-state index is 6.94. The Kier molecular flexibility index (Phi) is 7.84. The molecule has 0 bridgehead atoms.